The SMILES string of the molecule is CCc1cc(CCl)cc(OC2CCC(C)CC2)n1. The van der Waals surface area contributed by atoms with Crippen molar-refractivity contribution in [2.45, 2.75) is 57.9 Å². The number of rotatable bonds is 4. The predicted molar refractivity (Wildman–Crippen MR) is 75.2 cm³/mol. The summed E-state index contributed by atoms with van der Waals surface area (Å²) in [6, 6.07) is 4.03. The summed E-state index contributed by atoms with van der Waals surface area (Å²) in [6.07, 6.45) is 6.08. The van der Waals surface area contributed by atoms with Crippen LogP contribution in [0.15, 0.2) is 12.1 Å². The highest BCUT2D eigenvalue weighted by atomic mass is 35.5. The Hall–Kier alpha value is -0.760. The molecule has 1 aliphatic rings. The zero-order valence-corrected chi connectivity index (χ0v) is 12.0. The number of aryl methyl sites for hydroxylation is 1. The number of ether oxygens (including phenoxy) is 1. The quantitative estimate of drug-likeness (QED) is 0.757. The maximum Gasteiger partial charge on any atom is 0.214 e. The number of hydrogen-bond acceptors (Lipinski definition) is 2. The molecular weight excluding hydrogens is 246 g/mol. The normalized spacial score (nSPS) is 23.9. The highest BCUT2D eigenvalue weighted by molar-refractivity contribution is 6.17. The third-order valence-corrected chi connectivity index (χ3v) is 3.99. The molecule has 1 saturated carbocycles. The molecule has 0 saturated heterocycles. The Morgan fingerprint density at radius 1 is 1.28 bits per heavy atom. The molecule has 0 radical (unpaired) electrons. The van der Waals surface area contributed by atoms with Crippen LogP contribution in [0.3, 0.4) is 0 Å². The Bertz CT molecular complexity index is 364. The molecule has 0 amide bonds. The van der Waals surface area contributed by atoms with Crippen LogP contribution < -0.4 is 4.74 Å². The molecule has 0 unspecified atom stereocenters. The molecule has 0 atom stereocenters. The zero-order valence-electron chi connectivity index (χ0n) is 11.3. The van der Waals surface area contributed by atoms with Gasteiger partial charge < -0.3 is 4.74 Å². The number of halogens is 1. The summed E-state index contributed by atoms with van der Waals surface area (Å²) in [6.45, 7) is 4.42. The summed E-state index contributed by atoms with van der Waals surface area (Å²) < 4.78 is 6.02. The van der Waals surface area contributed by atoms with Gasteiger partial charge in [0.2, 0.25) is 5.88 Å². The van der Waals surface area contributed by atoms with Crippen LogP contribution in [0.25, 0.3) is 0 Å². The van der Waals surface area contributed by atoms with Gasteiger partial charge in [-0.25, -0.2) is 4.98 Å². The second-order valence-electron chi connectivity index (χ2n) is 5.29. The van der Waals surface area contributed by atoms with E-state index in [2.05, 4.69) is 24.9 Å². The molecule has 18 heavy (non-hydrogen) atoms. The second-order valence-corrected chi connectivity index (χ2v) is 5.56. The Kier molecular flexibility index (Phi) is 4.87. The fourth-order valence-corrected chi connectivity index (χ4v) is 2.61. The monoisotopic (exact) mass is 267 g/mol. The van der Waals surface area contributed by atoms with Gasteiger partial charge in [-0.15, -0.1) is 11.6 Å². The van der Waals surface area contributed by atoms with Crippen molar-refractivity contribution in [1.82, 2.24) is 4.98 Å². The molecule has 1 aromatic heterocycles. The fraction of sp³-hybridized carbons (Fsp3) is 0.667. The van der Waals surface area contributed by atoms with E-state index < -0.39 is 0 Å². The van der Waals surface area contributed by atoms with Gasteiger partial charge in [-0.3, -0.25) is 0 Å². The average Bonchev–Trinajstić information content (AvgIpc) is 2.41. The Morgan fingerprint density at radius 3 is 2.61 bits per heavy atom. The number of aromatic nitrogens is 1. The van der Waals surface area contributed by atoms with E-state index in [1.165, 1.54) is 12.8 Å². The van der Waals surface area contributed by atoms with Gasteiger partial charge in [0.05, 0.1) is 0 Å². The van der Waals surface area contributed by atoms with Gasteiger partial charge in [0.1, 0.15) is 6.10 Å². The smallest absolute Gasteiger partial charge is 0.214 e. The number of alkyl halides is 1. The van der Waals surface area contributed by atoms with Crippen LogP contribution in [0.2, 0.25) is 0 Å². The molecule has 2 nitrogen and oxygen atoms in total. The average molecular weight is 268 g/mol. The maximum absolute atomic E-state index is 6.02. The number of pyridine rings is 1. The standard InChI is InChI=1S/C15H22ClNO/c1-3-13-8-12(10-16)9-15(17-13)18-14-6-4-11(2)5-7-14/h8-9,11,14H,3-7,10H2,1-2H3. The first-order chi connectivity index (χ1) is 8.71. The highest BCUT2D eigenvalue weighted by Crippen LogP contribution is 2.27. The summed E-state index contributed by atoms with van der Waals surface area (Å²) in [5.41, 5.74) is 2.16. The van der Waals surface area contributed by atoms with E-state index in [4.69, 9.17) is 16.3 Å². The molecule has 0 aliphatic heterocycles. The third-order valence-electron chi connectivity index (χ3n) is 3.68. The van der Waals surface area contributed by atoms with E-state index in [9.17, 15) is 0 Å². The maximum atomic E-state index is 6.02. The van der Waals surface area contributed by atoms with Crippen molar-refractivity contribution in [3.8, 4) is 5.88 Å². The van der Waals surface area contributed by atoms with Gasteiger partial charge in [-0.2, -0.15) is 0 Å². The van der Waals surface area contributed by atoms with Crippen LogP contribution in [0.1, 0.15) is 50.8 Å². The molecule has 0 aromatic carbocycles. The van der Waals surface area contributed by atoms with Crippen molar-refractivity contribution in [2.75, 3.05) is 0 Å². The minimum atomic E-state index is 0.337. The highest BCUT2D eigenvalue weighted by Gasteiger charge is 2.20. The summed E-state index contributed by atoms with van der Waals surface area (Å²) in [5, 5.41) is 0. The van der Waals surface area contributed by atoms with Gasteiger partial charge in [0, 0.05) is 17.6 Å². The minimum Gasteiger partial charge on any atom is -0.474 e. The summed E-state index contributed by atoms with van der Waals surface area (Å²) >= 11 is 5.91. The van der Waals surface area contributed by atoms with E-state index in [0.717, 1.165) is 42.3 Å². The van der Waals surface area contributed by atoms with Gasteiger partial charge in [0.25, 0.3) is 0 Å². The summed E-state index contributed by atoms with van der Waals surface area (Å²) in [5.74, 6) is 2.12. The zero-order chi connectivity index (χ0) is 13.0. The van der Waals surface area contributed by atoms with E-state index >= 15 is 0 Å². The lowest BCUT2D eigenvalue weighted by atomic mass is 9.89. The number of nitrogens with zero attached hydrogens (tertiary/aromatic N) is 1. The van der Waals surface area contributed by atoms with E-state index in [1.807, 2.05) is 6.07 Å². The number of hydrogen-bond donors (Lipinski definition) is 0. The lowest BCUT2D eigenvalue weighted by Gasteiger charge is -2.26. The van der Waals surface area contributed by atoms with E-state index in [0.29, 0.717) is 12.0 Å². The van der Waals surface area contributed by atoms with Crippen LogP contribution >= 0.6 is 11.6 Å². The van der Waals surface area contributed by atoms with Crippen LogP contribution in [0.5, 0.6) is 5.88 Å². The van der Waals surface area contributed by atoms with Gasteiger partial charge in [-0.1, -0.05) is 13.8 Å². The molecule has 0 spiro atoms. The lowest BCUT2D eigenvalue weighted by molar-refractivity contribution is 0.130. The molecule has 1 fully saturated rings. The van der Waals surface area contributed by atoms with Crippen molar-refractivity contribution in [1.29, 1.82) is 0 Å². The van der Waals surface area contributed by atoms with Crippen molar-refractivity contribution in [3.63, 3.8) is 0 Å². The molecule has 2 rings (SSSR count). The van der Waals surface area contributed by atoms with E-state index in [1.54, 1.807) is 0 Å². The molecule has 0 N–H and O–H groups in total. The summed E-state index contributed by atoms with van der Waals surface area (Å²) in [7, 11) is 0. The predicted octanol–water partition coefficient (Wildman–Crippen LogP) is 4.34. The topological polar surface area (TPSA) is 22.1 Å². The van der Waals surface area contributed by atoms with Crippen LogP contribution in [0.4, 0.5) is 0 Å². The third kappa shape index (κ3) is 3.61. The van der Waals surface area contributed by atoms with Gasteiger partial charge >= 0.3 is 0 Å². The van der Waals surface area contributed by atoms with Gasteiger partial charge in [0.15, 0.2) is 0 Å². The molecule has 3 heteroatoms. The fourth-order valence-electron chi connectivity index (χ4n) is 2.46. The van der Waals surface area contributed by atoms with E-state index in [-0.39, 0.29) is 0 Å². The van der Waals surface area contributed by atoms with Gasteiger partial charge in [-0.05, 0) is 49.7 Å². The molecular formula is C15H22ClNO. The molecule has 1 aliphatic carbocycles. The largest absolute Gasteiger partial charge is 0.474 e. The molecule has 1 heterocycles. The van der Waals surface area contributed by atoms with Crippen molar-refractivity contribution in [3.05, 3.63) is 23.4 Å². The van der Waals surface area contributed by atoms with Crippen molar-refractivity contribution >= 4 is 11.6 Å². The Balaban J connectivity index is 2.03. The van der Waals surface area contributed by atoms with Crippen molar-refractivity contribution in [2.24, 2.45) is 5.92 Å². The second kappa shape index (κ2) is 6.42. The first-order valence-electron chi connectivity index (χ1n) is 6.93. The Labute approximate surface area is 115 Å². The van der Waals surface area contributed by atoms with Crippen LogP contribution in [-0.2, 0) is 12.3 Å². The lowest BCUT2D eigenvalue weighted by Crippen LogP contribution is -2.23. The molecule has 100 valence electrons. The van der Waals surface area contributed by atoms with Crippen LogP contribution in [-0.4, -0.2) is 11.1 Å². The first-order valence-corrected chi connectivity index (χ1v) is 7.47. The Morgan fingerprint density at radius 2 is 2.00 bits per heavy atom. The first kappa shape index (κ1) is 13.7. The molecule has 0 bridgehead atoms. The van der Waals surface area contributed by atoms with Crippen LogP contribution in [0, 0.1) is 5.92 Å². The molecule has 1 aromatic rings. The summed E-state index contributed by atoms with van der Waals surface area (Å²) in [4.78, 5) is 4.53. The van der Waals surface area contributed by atoms with Crippen molar-refractivity contribution < 1.29 is 4.74 Å². The minimum absolute atomic E-state index is 0.337.